The number of hydrogen-bond donors (Lipinski definition) is 0. The maximum absolute atomic E-state index is 11.4. The first-order valence-corrected chi connectivity index (χ1v) is 7.34. The van der Waals surface area contributed by atoms with E-state index in [1.807, 2.05) is 42.5 Å². The number of nitrogens with zero attached hydrogens (tertiary/aromatic N) is 4. The van der Waals surface area contributed by atoms with Gasteiger partial charge in [0.15, 0.2) is 0 Å². The number of benzene rings is 2. The summed E-state index contributed by atoms with van der Waals surface area (Å²) in [5.74, 6) is -0.373. The van der Waals surface area contributed by atoms with Gasteiger partial charge in [-0.3, -0.25) is 0 Å². The quantitative estimate of drug-likeness (QED) is 0.413. The minimum Gasteiger partial charge on any atom is -0.318 e. The molecule has 0 aliphatic rings. The molecule has 0 atom stereocenters. The van der Waals surface area contributed by atoms with Crippen LogP contribution in [0.3, 0.4) is 0 Å². The smallest absolute Gasteiger partial charge is 0.318 e. The summed E-state index contributed by atoms with van der Waals surface area (Å²) in [6.07, 6.45) is 3.33. The van der Waals surface area contributed by atoms with E-state index >= 15 is 0 Å². The highest BCUT2D eigenvalue weighted by Crippen LogP contribution is 2.17. The van der Waals surface area contributed by atoms with Crippen LogP contribution in [0, 0.1) is 0 Å². The van der Waals surface area contributed by atoms with E-state index < -0.39 is 0 Å². The van der Waals surface area contributed by atoms with Crippen molar-refractivity contribution in [1.29, 1.82) is 0 Å². The lowest BCUT2D eigenvalue weighted by Gasteiger charge is -2.08. The molecule has 0 aliphatic carbocycles. The molecule has 3 rings (SSSR count). The fourth-order valence-corrected chi connectivity index (χ4v) is 2.18. The van der Waals surface area contributed by atoms with Gasteiger partial charge in [0.1, 0.15) is 18.4 Å². The van der Waals surface area contributed by atoms with Gasteiger partial charge in [0.25, 0.3) is 0 Å². The van der Waals surface area contributed by atoms with Crippen molar-refractivity contribution in [3.63, 3.8) is 0 Å². The van der Waals surface area contributed by atoms with Crippen molar-refractivity contribution < 1.29 is 9.63 Å². The van der Waals surface area contributed by atoms with Gasteiger partial charge in [-0.2, -0.15) is 5.10 Å². The summed E-state index contributed by atoms with van der Waals surface area (Å²) in [7, 11) is 0. The maximum Gasteiger partial charge on any atom is 0.334 e. The second-order valence-corrected chi connectivity index (χ2v) is 5.01. The summed E-state index contributed by atoms with van der Waals surface area (Å²) >= 11 is 0. The molecule has 0 amide bonds. The maximum atomic E-state index is 11.4. The van der Waals surface area contributed by atoms with E-state index in [1.165, 1.54) is 6.33 Å². The number of carbonyl (C=O) groups is 1. The molecule has 0 N–H and O–H groups in total. The van der Waals surface area contributed by atoms with Gasteiger partial charge in [-0.1, -0.05) is 48.5 Å². The fraction of sp³-hybridized carbons (Fsp3) is 0.176. The Bertz CT molecular complexity index is 841. The Morgan fingerprint density at radius 2 is 2.04 bits per heavy atom. The van der Waals surface area contributed by atoms with Crippen molar-refractivity contribution in [3.05, 3.63) is 60.7 Å². The number of rotatable bonds is 5. The summed E-state index contributed by atoms with van der Waals surface area (Å²) in [5.41, 5.74) is 1.49. The molecule has 6 nitrogen and oxygen atoms in total. The zero-order valence-electron chi connectivity index (χ0n) is 12.7. The van der Waals surface area contributed by atoms with Gasteiger partial charge >= 0.3 is 5.97 Å². The molecule has 23 heavy (non-hydrogen) atoms. The highest BCUT2D eigenvalue weighted by Gasteiger charge is 2.09. The van der Waals surface area contributed by atoms with E-state index in [9.17, 15) is 4.79 Å². The Kier molecular flexibility index (Phi) is 4.42. The lowest BCUT2D eigenvalue weighted by atomic mass is 10.0. The van der Waals surface area contributed by atoms with Crippen molar-refractivity contribution in [2.24, 2.45) is 5.16 Å². The Balaban J connectivity index is 1.96. The van der Waals surface area contributed by atoms with Crippen molar-refractivity contribution in [2.45, 2.75) is 19.9 Å². The third-order valence-corrected chi connectivity index (χ3v) is 3.41. The molecule has 0 saturated heterocycles. The Labute approximate surface area is 133 Å². The van der Waals surface area contributed by atoms with Crippen molar-refractivity contribution in [3.8, 4) is 0 Å². The molecule has 0 bridgehead atoms. The van der Waals surface area contributed by atoms with Crippen molar-refractivity contribution in [2.75, 3.05) is 0 Å². The van der Waals surface area contributed by atoms with Crippen LogP contribution in [0.5, 0.6) is 0 Å². The molecule has 0 fully saturated rings. The van der Waals surface area contributed by atoms with E-state index in [0.29, 0.717) is 12.3 Å². The summed E-state index contributed by atoms with van der Waals surface area (Å²) in [5, 5.41) is 10.3. The Hall–Kier alpha value is -3.02. The fourth-order valence-electron chi connectivity index (χ4n) is 2.18. The van der Waals surface area contributed by atoms with Crippen LogP contribution in [0.4, 0.5) is 0 Å². The molecule has 0 aliphatic heterocycles. The van der Waals surface area contributed by atoms with Gasteiger partial charge < -0.3 is 4.84 Å². The summed E-state index contributed by atoms with van der Waals surface area (Å²) in [4.78, 5) is 20.3. The summed E-state index contributed by atoms with van der Waals surface area (Å²) in [6, 6.07) is 14.0. The van der Waals surface area contributed by atoms with E-state index in [1.54, 1.807) is 17.9 Å². The van der Waals surface area contributed by atoms with E-state index in [-0.39, 0.29) is 12.4 Å². The van der Waals surface area contributed by atoms with Gasteiger partial charge in [-0.05, 0) is 16.8 Å². The first-order chi connectivity index (χ1) is 11.3. The van der Waals surface area contributed by atoms with Gasteiger partial charge in [0.2, 0.25) is 0 Å². The first kappa shape index (κ1) is 14.9. The third-order valence-electron chi connectivity index (χ3n) is 3.41. The van der Waals surface area contributed by atoms with Crippen LogP contribution in [0.2, 0.25) is 0 Å². The average Bonchev–Trinajstić information content (AvgIpc) is 3.11. The van der Waals surface area contributed by atoms with Gasteiger partial charge in [-0.15, -0.1) is 0 Å². The lowest BCUT2D eigenvalue weighted by molar-refractivity contribution is -0.143. The third kappa shape index (κ3) is 3.60. The molecule has 3 aromatic rings. The van der Waals surface area contributed by atoms with Crippen LogP contribution < -0.4 is 0 Å². The highest BCUT2D eigenvalue weighted by atomic mass is 16.7. The SMILES string of the molecule is CCC(=O)O/N=C(\Cn1cncn1)c1ccc2ccccc2c1. The number of hydrogen-bond acceptors (Lipinski definition) is 5. The molecule has 6 heteroatoms. The molecule has 1 heterocycles. The number of aromatic nitrogens is 3. The monoisotopic (exact) mass is 308 g/mol. The molecule has 0 radical (unpaired) electrons. The molecule has 0 unspecified atom stereocenters. The Morgan fingerprint density at radius 1 is 1.22 bits per heavy atom. The first-order valence-electron chi connectivity index (χ1n) is 7.34. The molecular weight excluding hydrogens is 292 g/mol. The average molecular weight is 308 g/mol. The van der Waals surface area contributed by atoms with Gasteiger partial charge in [0.05, 0.1) is 6.54 Å². The van der Waals surface area contributed by atoms with Crippen molar-refractivity contribution >= 4 is 22.5 Å². The van der Waals surface area contributed by atoms with E-state index in [2.05, 4.69) is 15.2 Å². The van der Waals surface area contributed by atoms with Crippen LogP contribution in [-0.2, 0) is 16.2 Å². The predicted molar refractivity (Wildman–Crippen MR) is 86.9 cm³/mol. The van der Waals surface area contributed by atoms with Crippen LogP contribution in [0.15, 0.2) is 60.3 Å². The van der Waals surface area contributed by atoms with Gasteiger partial charge in [0, 0.05) is 12.0 Å². The number of fused-ring (bicyclic) bond motifs is 1. The summed E-state index contributed by atoms with van der Waals surface area (Å²) < 4.78 is 1.63. The van der Waals surface area contributed by atoms with Crippen LogP contribution in [-0.4, -0.2) is 26.4 Å². The zero-order valence-corrected chi connectivity index (χ0v) is 12.7. The second-order valence-electron chi connectivity index (χ2n) is 5.01. The van der Waals surface area contributed by atoms with Gasteiger partial charge in [-0.25, -0.2) is 14.5 Å². The molecule has 0 spiro atoms. The molecule has 116 valence electrons. The van der Waals surface area contributed by atoms with Crippen LogP contribution in [0.1, 0.15) is 18.9 Å². The number of oxime groups is 1. The number of carbonyl (C=O) groups excluding carboxylic acids is 1. The normalized spacial score (nSPS) is 11.6. The van der Waals surface area contributed by atoms with E-state index in [4.69, 9.17) is 4.84 Å². The lowest BCUT2D eigenvalue weighted by Crippen LogP contribution is -2.14. The highest BCUT2D eigenvalue weighted by molar-refractivity contribution is 6.03. The van der Waals surface area contributed by atoms with Crippen molar-refractivity contribution in [1.82, 2.24) is 14.8 Å². The molecule has 1 aromatic heterocycles. The van der Waals surface area contributed by atoms with E-state index in [0.717, 1.165) is 16.3 Å². The predicted octanol–water partition coefficient (Wildman–Crippen LogP) is 2.79. The topological polar surface area (TPSA) is 69.4 Å². The second kappa shape index (κ2) is 6.83. The zero-order chi connectivity index (χ0) is 16.1. The summed E-state index contributed by atoms with van der Waals surface area (Å²) in [6.45, 7) is 2.10. The molecular formula is C17H16N4O2. The standard InChI is InChI=1S/C17H16N4O2/c1-2-17(22)23-20-16(10-21-12-18-11-19-21)15-8-7-13-5-3-4-6-14(13)9-15/h3-9,11-12H,2,10H2,1H3/b20-16+. The minimum absolute atomic E-state index is 0.276. The minimum atomic E-state index is -0.373. The Morgan fingerprint density at radius 3 is 2.78 bits per heavy atom. The largest absolute Gasteiger partial charge is 0.334 e. The van der Waals surface area contributed by atoms with Crippen LogP contribution in [0.25, 0.3) is 10.8 Å². The van der Waals surface area contributed by atoms with Crippen LogP contribution >= 0.6 is 0 Å². The molecule has 2 aromatic carbocycles. The molecule has 0 saturated carbocycles.